The van der Waals surface area contributed by atoms with Gasteiger partial charge in [0.15, 0.2) is 0 Å². The first-order valence-electron chi connectivity index (χ1n) is 10.4. The van der Waals surface area contributed by atoms with Crippen LogP contribution >= 0.6 is 15.9 Å². The summed E-state index contributed by atoms with van der Waals surface area (Å²) in [5, 5.41) is 0. The van der Waals surface area contributed by atoms with E-state index in [4.69, 9.17) is 4.74 Å². The van der Waals surface area contributed by atoms with E-state index in [1.54, 1.807) is 7.11 Å². The highest BCUT2D eigenvalue weighted by atomic mass is 79.9. The Morgan fingerprint density at radius 1 is 1.22 bits per heavy atom. The monoisotopic (exact) mass is 436 g/mol. The van der Waals surface area contributed by atoms with Gasteiger partial charge in [-0.15, -0.1) is 0 Å². The van der Waals surface area contributed by atoms with E-state index in [1.165, 1.54) is 55.4 Å². The van der Waals surface area contributed by atoms with Crippen LogP contribution in [0.5, 0.6) is 5.75 Å². The molecule has 2 unspecified atom stereocenters. The van der Waals surface area contributed by atoms with Crippen molar-refractivity contribution in [3.63, 3.8) is 0 Å². The summed E-state index contributed by atoms with van der Waals surface area (Å²) in [6.45, 7) is 7.47. The molecule has 1 aromatic rings. The highest BCUT2D eigenvalue weighted by molar-refractivity contribution is 9.10. The zero-order chi connectivity index (χ0) is 19.2. The van der Waals surface area contributed by atoms with Crippen LogP contribution in [0.3, 0.4) is 0 Å². The molecule has 27 heavy (non-hydrogen) atoms. The molecule has 5 heteroatoms. The fourth-order valence-corrected chi connectivity index (χ4v) is 4.95. The Labute approximate surface area is 172 Å². The Morgan fingerprint density at radius 3 is 2.85 bits per heavy atom. The number of carbonyl (C=O) groups is 1. The molecule has 0 aliphatic carbocycles. The normalized spacial score (nSPS) is 23.6. The zero-order valence-electron chi connectivity index (χ0n) is 16.8. The van der Waals surface area contributed by atoms with Gasteiger partial charge < -0.3 is 14.5 Å². The van der Waals surface area contributed by atoms with E-state index in [2.05, 4.69) is 37.9 Å². The number of halogens is 1. The van der Waals surface area contributed by atoms with Crippen molar-refractivity contribution in [2.45, 2.75) is 45.4 Å². The summed E-state index contributed by atoms with van der Waals surface area (Å²) in [5.41, 5.74) is 1.35. The SMILES string of the molecule is CCC(=O)N1CCCC(CCN2CCC(Cc3cc(OC)ccc3Br)C2)C1. The Kier molecular flexibility index (Phi) is 7.59. The van der Waals surface area contributed by atoms with Crippen LogP contribution in [0.25, 0.3) is 0 Å². The van der Waals surface area contributed by atoms with Crippen molar-refractivity contribution in [3.05, 3.63) is 28.2 Å². The first-order chi connectivity index (χ1) is 13.1. The molecular weight excluding hydrogens is 404 g/mol. The third kappa shape index (κ3) is 5.71. The van der Waals surface area contributed by atoms with Gasteiger partial charge in [0, 0.05) is 30.5 Å². The van der Waals surface area contributed by atoms with Crippen molar-refractivity contribution in [2.24, 2.45) is 11.8 Å². The second kappa shape index (κ2) is 9.92. The molecule has 3 rings (SSSR count). The summed E-state index contributed by atoms with van der Waals surface area (Å²) in [4.78, 5) is 16.7. The molecule has 0 spiro atoms. The minimum absolute atomic E-state index is 0.324. The molecule has 150 valence electrons. The average molecular weight is 437 g/mol. The van der Waals surface area contributed by atoms with Gasteiger partial charge in [-0.1, -0.05) is 22.9 Å². The van der Waals surface area contributed by atoms with Crippen LogP contribution < -0.4 is 4.74 Å². The number of likely N-dealkylation sites (tertiary alicyclic amines) is 2. The van der Waals surface area contributed by atoms with Crippen molar-refractivity contribution in [1.29, 1.82) is 0 Å². The molecule has 0 saturated carbocycles. The Morgan fingerprint density at radius 2 is 2.07 bits per heavy atom. The first-order valence-corrected chi connectivity index (χ1v) is 11.2. The first kappa shape index (κ1) is 20.7. The van der Waals surface area contributed by atoms with E-state index in [0.29, 0.717) is 18.2 Å². The van der Waals surface area contributed by atoms with Crippen molar-refractivity contribution in [3.8, 4) is 5.75 Å². The summed E-state index contributed by atoms with van der Waals surface area (Å²) >= 11 is 3.69. The lowest BCUT2D eigenvalue weighted by molar-refractivity contribution is -0.132. The highest BCUT2D eigenvalue weighted by Crippen LogP contribution is 2.29. The maximum atomic E-state index is 12.0. The molecule has 2 atom stereocenters. The van der Waals surface area contributed by atoms with Gasteiger partial charge in [-0.05, 0) is 80.8 Å². The lowest BCUT2D eigenvalue weighted by Gasteiger charge is -2.33. The third-order valence-corrected chi connectivity index (χ3v) is 6.93. The molecule has 2 aliphatic rings. The molecule has 1 aromatic carbocycles. The molecule has 4 nitrogen and oxygen atoms in total. The Hall–Kier alpha value is -1.07. The molecule has 2 aliphatic heterocycles. The Balaban J connectivity index is 1.44. The molecule has 0 aromatic heterocycles. The second-order valence-corrected chi connectivity index (χ2v) is 8.96. The number of rotatable bonds is 7. The minimum atomic E-state index is 0.324. The van der Waals surface area contributed by atoms with Crippen molar-refractivity contribution >= 4 is 21.8 Å². The summed E-state index contributed by atoms with van der Waals surface area (Å²) in [6, 6.07) is 6.26. The van der Waals surface area contributed by atoms with Crippen LogP contribution in [0.2, 0.25) is 0 Å². The van der Waals surface area contributed by atoms with E-state index in [0.717, 1.165) is 31.2 Å². The zero-order valence-corrected chi connectivity index (χ0v) is 18.3. The molecule has 2 fully saturated rings. The van der Waals surface area contributed by atoms with Crippen LogP contribution in [-0.4, -0.2) is 55.5 Å². The summed E-state index contributed by atoms with van der Waals surface area (Å²) in [5.74, 6) is 2.66. The average Bonchev–Trinajstić information content (AvgIpc) is 3.15. The highest BCUT2D eigenvalue weighted by Gasteiger charge is 2.26. The molecule has 0 bridgehead atoms. The summed E-state index contributed by atoms with van der Waals surface area (Å²) < 4.78 is 6.56. The lowest BCUT2D eigenvalue weighted by atomic mass is 9.94. The number of nitrogens with zero attached hydrogens (tertiary/aromatic N) is 2. The third-order valence-electron chi connectivity index (χ3n) is 6.16. The number of benzene rings is 1. The maximum absolute atomic E-state index is 12.0. The Bertz CT molecular complexity index is 637. The summed E-state index contributed by atoms with van der Waals surface area (Å²) in [7, 11) is 1.73. The molecule has 0 N–H and O–H groups in total. The van der Waals surface area contributed by atoms with Crippen molar-refractivity contribution in [1.82, 2.24) is 9.80 Å². The van der Waals surface area contributed by atoms with Gasteiger partial charge in [0.2, 0.25) is 5.91 Å². The van der Waals surface area contributed by atoms with E-state index in [9.17, 15) is 4.79 Å². The number of methoxy groups -OCH3 is 1. The fourth-order valence-electron chi connectivity index (χ4n) is 4.54. The minimum Gasteiger partial charge on any atom is -0.497 e. The number of hydrogen-bond donors (Lipinski definition) is 0. The molecule has 0 radical (unpaired) electrons. The fraction of sp³-hybridized carbons (Fsp3) is 0.682. The van der Waals surface area contributed by atoms with Gasteiger partial charge in [-0.3, -0.25) is 4.79 Å². The topological polar surface area (TPSA) is 32.8 Å². The van der Waals surface area contributed by atoms with Crippen LogP contribution in [0.4, 0.5) is 0 Å². The lowest BCUT2D eigenvalue weighted by Crippen LogP contribution is -2.40. The van der Waals surface area contributed by atoms with E-state index in [-0.39, 0.29) is 0 Å². The van der Waals surface area contributed by atoms with Crippen LogP contribution in [0, 0.1) is 11.8 Å². The number of carbonyl (C=O) groups excluding carboxylic acids is 1. The quantitative estimate of drug-likeness (QED) is 0.636. The van der Waals surface area contributed by atoms with Gasteiger partial charge in [0.05, 0.1) is 7.11 Å². The largest absolute Gasteiger partial charge is 0.497 e. The summed E-state index contributed by atoms with van der Waals surface area (Å²) in [6.07, 6.45) is 6.69. The van der Waals surface area contributed by atoms with Gasteiger partial charge in [0.1, 0.15) is 5.75 Å². The standard InChI is InChI=1S/C22H33BrN2O2/c1-3-22(26)25-10-4-5-17(16-25)8-11-24-12-9-18(15-24)13-19-14-20(27-2)6-7-21(19)23/h6-7,14,17-18H,3-5,8-13,15-16H2,1-2H3. The van der Waals surface area contributed by atoms with E-state index >= 15 is 0 Å². The molecule has 1 amide bonds. The predicted molar refractivity (Wildman–Crippen MR) is 113 cm³/mol. The predicted octanol–water partition coefficient (Wildman–Crippen LogP) is 4.36. The van der Waals surface area contributed by atoms with Gasteiger partial charge >= 0.3 is 0 Å². The smallest absolute Gasteiger partial charge is 0.222 e. The number of amides is 1. The van der Waals surface area contributed by atoms with Gasteiger partial charge in [0.25, 0.3) is 0 Å². The molecule has 2 saturated heterocycles. The van der Waals surface area contributed by atoms with Crippen LogP contribution in [-0.2, 0) is 11.2 Å². The van der Waals surface area contributed by atoms with Crippen molar-refractivity contribution in [2.75, 3.05) is 39.8 Å². The van der Waals surface area contributed by atoms with Crippen molar-refractivity contribution < 1.29 is 9.53 Å². The van der Waals surface area contributed by atoms with E-state index in [1.807, 2.05) is 13.0 Å². The number of piperidine rings is 1. The second-order valence-electron chi connectivity index (χ2n) is 8.11. The van der Waals surface area contributed by atoms with E-state index < -0.39 is 0 Å². The van der Waals surface area contributed by atoms with Gasteiger partial charge in [-0.2, -0.15) is 0 Å². The molecule has 2 heterocycles. The number of ether oxygens (including phenoxy) is 1. The van der Waals surface area contributed by atoms with Crippen LogP contribution in [0.15, 0.2) is 22.7 Å². The number of hydrogen-bond acceptors (Lipinski definition) is 3. The maximum Gasteiger partial charge on any atom is 0.222 e. The molecular formula is C22H33BrN2O2. The van der Waals surface area contributed by atoms with Crippen LogP contribution in [0.1, 0.15) is 44.6 Å². The van der Waals surface area contributed by atoms with Gasteiger partial charge in [-0.25, -0.2) is 0 Å².